The molecule has 19 heavy (non-hydrogen) atoms. The first-order chi connectivity index (χ1) is 9.17. The Morgan fingerprint density at radius 1 is 1.00 bits per heavy atom. The van der Waals surface area contributed by atoms with E-state index in [4.69, 9.17) is 0 Å². The molecule has 0 aromatic heterocycles. The highest BCUT2D eigenvalue weighted by Crippen LogP contribution is 2.34. The van der Waals surface area contributed by atoms with E-state index in [0.717, 1.165) is 23.8 Å². The summed E-state index contributed by atoms with van der Waals surface area (Å²) in [4.78, 5) is 0. The van der Waals surface area contributed by atoms with Gasteiger partial charge in [0, 0.05) is 6.04 Å². The predicted molar refractivity (Wildman–Crippen MR) is 86.5 cm³/mol. The van der Waals surface area contributed by atoms with Crippen LogP contribution in [0.1, 0.15) is 85.0 Å². The molecule has 114 valence electrons. The van der Waals surface area contributed by atoms with E-state index >= 15 is 0 Å². The molecule has 1 aliphatic carbocycles. The first-order valence-electron chi connectivity index (χ1n) is 8.84. The van der Waals surface area contributed by atoms with E-state index < -0.39 is 0 Å². The molecule has 1 rings (SSSR count). The number of hydrogen-bond acceptors (Lipinski definition) is 1. The molecule has 0 aliphatic heterocycles. The maximum Gasteiger partial charge on any atom is 0.00923 e. The van der Waals surface area contributed by atoms with Gasteiger partial charge in [0.05, 0.1) is 0 Å². The van der Waals surface area contributed by atoms with E-state index in [1.54, 1.807) is 0 Å². The molecule has 1 fully saturated rings. The van der Waals surface area contributed by atoms with Crippen LogP contribution in [0.5, 0.6) is 0 Å². The Labute approximate surface area is 121 Å². The minimum atomic E-state index is 0.783. The van der Waals surface area contributed by atoms with E-state index in [0.29, 0.717) is 0 Å². The average Bonchev–Trinajstić information content (AvgIpc) is 2.42. The van der Waals surface area contributed by atoms with Gasteiger partial charge < -0.3 is 5.32 Å². The molecule has 1 saturated carbocycles. The predicted octanol–water partition coefficient (Wildman–Crippen LogP) is 5.40. The molecule has 1 unspecified atom stereocenters. The minimum Gasteiger partial charge on any atom is -0.317 e. The third kappa shape index (κ3) is 6.79. The van der Waals surface area contributed by atoms with Crippen molar-refractivity contribution in [1.82, 2.24) is 5.32 Å². The molecule has 1 N–H and O–H groups in total. The molecular weight excluding hydrogens is 230 g/mol. The second-order valence-electron chi connectivity index (χ2n) is 7.14. The van der Waals surface area contributed by atoms with Crippen molar-refractivity contribution < 1.29 is 0 Å². The number of hydrogen-bond donors (Lipinski definition) is 1. The van der Waals surface area contributed by atoms with Crippen molar-refractivity contribution in [2.75, 3.05) is 7.05 Å². The second-order valence-corrected chi connectivity index (χ2v) is 7.14. The fourth-order valence-electron chi connectivity index (χ4n) is 3.73. The molecule has 0 aromatic carbocycles. The number of rotatable bonds is 9. The zero-order valence-electron chi connectivity index (χ0n) is 13.9. The summed E-state index contributed by atoms with van der Waals surface area (Å²) in [5.74, 6) is 2.86. The molecule has 0 amide bonds. The monoisotopic (exact) mass is 267 g/mol. The Hall–Kier alpha value is -0.0400. The first-order valence-corrected chi connectivity index (χ1v) is 8.84. The van der Waals surface area contributed by atoms with Gasteiger partial charge in [0.15, 0.2) is 0 Å². The lowest BCUT2D eigenvalue weighted by Crippen LogP contribution is -2.36. The minimum absolute atomic E-state index is 0.783. The van der Waals surface area contributed by atoms with Crippen LogP contribution < -0.4 is 5.32 Å². The van der Waals surface area contributed by atoms with E-state index in [1.165, 1.54) is 64.2 Å². The molecule has 1 nitrogen and oxygen atoms in total. The lowest BCUT2D eigenvalue weighted by molar-refractivity contribution is 0.208. The van der Waals surface area contributed by atoms with Crippen LogP contribution in [0.25, 0.3) is 0 Å². The van der Waals surface area contributed by atoms with Crippen molar-refractivity contribution in [3.05, 3.63) is 0 Å². The molecule has 0 radical (unpaired) electrons. The van der Waals surface area contributed by atoms with Crippen LogP contribution in [0.3, 0.4) is 0 Å². The number of nitrogens with one attached hydrogen (secondary N) is 1. The summed E-state index contributed by atoms with van der Waals surface area (Å²) in [5.41, 5.74) is 0. The first kappa shape index (κ1) is 17.0. The van der Waals surface area contributed by atoms with Gasteiger partial charge in [-0.05, 0) is 44.1 Å². The molecular formula is C18H37N. The van der Waals surface area contributed by atoms with Crippen molar-refractivity contribution >= 4 is 0 Å². The highest BCUT2D eigenvalue weighted by Gasteiger charge is 2.26. The standard InChI is InChI=1S/C18H37N/c1-5-6-9-16-11-13-17(14-12-16)18(19-4)10-7-8-15(2)3/h15-19H,5-14H2,1-4H3. The van der Waals surface area contributed by atoms with Crippen molar-refractivity contribution in [3.63, 3.8) is 0 Å². The number of unbranched alkanes of at least 4 members (excludes halogenated alkanes) is 1. The van der Waals surface area contributed by atoms with Gasteiger partial charge in [0.25, 0.3) is 0 Å². The van der Waals surface area contributed by atoms with Crippen LogP contribution in [-0.2, 0) is 0 Å². The van der Waals surface area contributed by atoms with E-state index in [1.807, 2.05) is 0 Å². The largest absolute Gasteiger partial charge is 0.317 e. The van der Waals surface area contributed by atoms with Crippen molar-refractivity contribution in [1.29, 1.82) is 0 Å². The van der Waals surface area contributed by atoms with Crippen molar-refractivity contribution in [2.24, 2.45) is 17.8 Å². The third-order valence-electron chi connectivity index (χ3n) is 5.09. The molecule has 1 heteroatoms. The van der Waals surface area contributed by atoms with Gasteiger partial charge >= 0.3 is 0 Å². The van der Waals surface area contributed by atoms with Gasteiger partial charge in [0.1, 0.15) is 0 Å². The summed E-state index contributed by atoms with van der Waals surface area (Å²) in [5, 5.41) is 3.60. The zero-order chi connectivity index (χ0) is 14.1. The van der Waals surface area contributed by atoms with Gasteiger partial charge in [-0.15, -0.1) is 0 Å². The van der Waals surface area contributed by atoms with Crippen LogP contribution in [0.4, 0.5) is 0 Å². The molecule has 0 saturated heterocycles. The zero-order valence-corrected chi connectivity index (χ0v) is 13.9. The maximum absolute atomic E-state index is 3.60. The van der Waals surface area contributed by atoms with Crippen LogP contribution in [-0.4, -0.2) is 13.1 Å². The Bertz CT molecular complexity index is 204. The van der Waals surface area contributed by atoms with Crippen LogP contribution in [0.2, 0.25) is 0 Å². The van der Waals surface area contributed by atoms with Crippen LogP contribution >= 0.6 is 0 Å². The van der Waals surface area contributed by atoms with Crippen LogP contribution in [0, 0.1) is 17.8 Å². The van der Waals surface area contributed by atoms with Gasteiger partial charge in [-0.2, -0.15) is 0 Å². The normalized spacial score (nSPS) is 25.7. The van der Waals surface area contributed by atoms with Gasteiger partial charge in [-0.25, -0.2) is 0 Å². The fourth-order valence-corrected chi connectivity index (χ4v) is 3.73. The Morgan fingerprint density at radius 3 is 2.21 bits per heavy atom. The topological polar surface area (TPSA) is 12.0 Å². The van der Waals surface area contributed by atoms with Crippen LogP contribution in [0.15, 0.2) is 0 Å². The Balaban J connectivity index is 2.23. The quantitative estimate of drug-likeness (QED) is 0.590. The second kappa shape index (κ2) is 9.80. The SMILES string of the molecule is CCCCC1CCC(C(CCCC(C)C)NC)CC1. The fraction of sp³-hybridized carbons (Fsp3) is 1.00. The molecule has 1 aliphatic rings. The summed E-state index contributed by atoms with van der Waals surface area (Å²) >= 11 is 0. The molecule has 0 spiro atoms. The summed E-state index contributed by atoms with van der Waals surface area (Å²) in [7, 11) is 2.17. The van der Waals surface area contributed by atoms with Gasteiger partial charge in [-0.3, -0.25) is 0 Å². The molecule has 0 aromatic rings. The maximum atomic E-state index is 3.60. The molecule has 0 heterocycles. The molecule has 0 bridgehead atoms. The summed E-state index contributed by atoms with van der Waals surface area (Å²) in [6.07, 6.45) is 14.4. The molecule has 1 atom stereocenters. The Morgan fingerprint density at radius 2 is 1.68 bits per heavy atom. The van der Waals surface area contributed by atoms with Crippen molar-refractivity contribution in [3.8, 4) is 0 Å². The average molecular weight is 268 g/mol. The summed E-state index contributed by atoms with van der Waals surface area (Å²) in [6.45, 7) is 7.00. The van der Waals surface area contributed by atoms with E-state index in [2.05, 4.69) is 33.1 Å². The van der Waals surface area contributed by atoms with Gasteiger partial charge in [0.2, 0.25) is 0 Å². The highest BCUT2D eigenvalue weighted by molar-refractivity contribution is 4.81. The summed E-state index contributed by atoms with van der Waals surface area (Å²) in [6, 6.07) is 0.783. The van der Waals surface area contributed by atoms with Crippen molar-refractivity contribution in [2.45, 2.75) is 91.0 Å². The van der Waals surface area contributed by atoms with E-state index in [-0.39, 0.29) is 0 Å². The Kier molecular flexibility index (Phi) is 8.77. The highest BCUT2D eigenvalue weighted by atomic mass is 14.9. The lowest BCUT2D eigenvalue weighted by Gasteiger charge is -2.34. The third-order valence-corrected chi connectivity index (χ3v) is 5.09. The van der Waals surface area contributed by atoms with E-state index in [9.17, 15) is 0 Å². The van der Waals surface area contributed by atoms with Gasteiger partial charge in [-0.1, -0.05) is 65.7 Å². The summed E-state index contributed by atoms with van der Waals surface area (Å²) < 4.78 is 0. The smallest absolute Gasteiger partial charge is 0.00923 e. The lowest BCUT2D eigenvalue weighted by atomic mass is 9.76.